The van der Waals surface area contributed by atoms with Gasteiger partial charge in [0.15, 0.2) is 0 Å². The van der Waals surface area contributed by atoms with Crippen molar-refractivity contribution in [1.82, 2.24) is 0 Å². The molecular formula is C10H23NO2. The van der Waals surface area contributed by atoms with E-state index in [0.717, 1.165) is 6.42 Å². The number of hydrogen-bond donors (Lipinski definition) is 1. The van der Waals surface area contributed by atoms with Crippen molar-refractivity contribution in [2.24, 2.45) is 5.73 Å². The maximum Gasteiger partial charge on any atom is 0.0855 e. The van der Waals surface area contributed by atoms with Gasteiger partial charge in [0.05, 0.1) is 18.3 Å². The van der Waals surface area contributed by atoms with Crippen LogP contribution in [-0.2, 0) is 9.47 Å². The van der Waals surface area contributed by atoms with E-state index in [1.54, 1.807) is 7.11 Å². The monoisotopic (exact) mass is 189 g/mol. The van der Waals surface area contributed by atoms with Crippen molar-refractivity contribution in [2.45, 2.75) is 51.9 Å². The number of hydrogen-bond acceptors (Lipinski definition) is 3. The van der Waals surface area contributed by atoms with Crippen molar-refractivity contribution in [3.05, 3.63) is 0 Å². The van der Waals surface area contributed by atoms with Gasteiger partial charge in [-0.3, -0.25) is 0 Å². The third-order valence-corrected chi connectivity index (χ3v) is 1.97. The van der Waals surface area contributed by atoms with Gasteiger partial charge in [0.25, 0.3) is 0 Å². The molecule has 0 aromatic heterocycles. The first-order valence-corrected chi connectivity index (χ1v) is 4.79. The molecule has 3 nitrogen and oxygen atoms in total. The van der Waals surface area contributed by atoms with Crippen LogP contribution in [0.5, 0.6) is 0 Å². The minimum atomic E-state index is -0.202. The van der Waals surface area contributed by atoms with E-state index in [9.17, 15) is 0 Å². The van der Waals surface area contributed by atoms with Gasteiger partial charge >= 0.3 is 0 Å². The number of ether oxygens (including phenoxy) is 2. The molecule has 0 aromatic carbocycles. The molecule has 0 aliphatic heterocycles. The summed E-state index contributed by atoms with van der Waals surface area (Å²) < 4.78 is 10.8. The van der Waals surface area contributed by atoms with Crippen LogP contribution in [0.15, 0.2) is 0 Å². The van der Waals surface area contributed by atoms with Crippen molar-refractivity contribution in [1.29, 1.82) is 0 Å². The average molecular weight is 189 g/mol. The van der Waals surface area contributed by atoms with E-state index in [-0.39, 0.29) is 17.7 Å². The van der Waals surface area contributed by atoms with Crippen molar-refractivity contribution < 1.29 is 9.47 Å². The van der Waals surface area contributed by atoms with E-state index in [1.807, 2.05) is 27.7 Å². The molecule has 2 N–H and O–H groups in total. The summed E-state index contributed by atoms with van der Waals surface area (Å²) in [5.41, 5.74) is 5.45. The molecule has 0 spiro atoms. The lowest BCUT2D eigenvalue weighted by atomic mass is 10.1. The molecule has 0 heterocycles. The van der Waals surface area contributed by atoms with Crippen molar-refractivity contribution in [3.8, 4) is 0 Å². The smallest absolute Gasteiger partial charge is 0.0855 e. The molecule has 0 aromatic rings. The normalized spacial score (nSPS) is 17.1. The zero-order valence-corrected chi connectivity index (χ0v) is 9.46. The molecule has 0 radical (unpaired) electrons. The minimum Gasteiger partial charge on any atom is -0.376 e. The third kappa shape index (κ3) is 6.99. The number of rotatable bonds is 6. The summed E-state index contributed by atoms with van der Waals surface area (Å²) in [6, 6.07) is 0.195. The maximum absolute atomic E-state index is 5.65. The SMILES string of the molecule is COC(C)(C)COC(C)CC(C)N. The van der Waals surface area contributed by atoms with Crippen LogP contribution in [0.4, 0.5) is 0 Å². The second kappa shape index (κ2) is 5.58. The highest BCUT2D eigenvalue weighted by molar-refractivity contribution is 4.68. The molecule has 2 unspecified atom stereocenters. The maximum atomic E-state index is 5.65. The molecule has 0 saturated carbocycles. The van der Waals surface area contributed by atoms with Crippen LogP contribution in [0.3, 0.4) is 0 Å². The average Bonchev–Trinajstić information content (AvgIpc) is 2.00. The van der Waals surface area contributed by atoms with Crippen LogP contribution in [0.2, 0.25) is 0 Å². The van der Waals surface area contributed by atoms with E-state index in [1.165, 1.54) is 0 Å². The van der Waals surface area contributed by atoms with Gasteiger partial charge in [0.2, 0.25) is 0 Å². The first-order valence-electron chi connectivity index (χ1n) is 4.79. The predicted octanol–water partition coefficient (Wildman–Crippen LogP) is 1.55. The fraction of sp³-hybridized carbons (Fsp3) is 1.00. The molecular weight excluding hydrogens is 166 g/mol. The lowest BCUT2D eigenvalue weighted by Gasteiger charge is -2.25. The van der Waals surface area contributed by atoms with Gasteiger partial charge in [-0.05, 0) is 34.1 Å². The Balaban J connectivity index is 3.63. The molecule has 3 heteroatoms. The molecule has 0 aliphatic carbocycles. The second-order valence-corrected chi connectivity index (χ2v) is 4.30. The molecule has 0 saturated heterocycles. The molecule has 0 aliphatic rings. The van der Waals surface area contributed by atoms with Crippen molar-refractivity contribution in [3.63, 3.8) is 0 Å². The Labute approximate surface area is 81.6 Å². The lowest BCUT2D eigenvalue weighted by Crippen LogP contribution is -2.32. The zero-order chi connectivity index (χ0) is 10.5. The first kappa shape index (κ1) is 12.9. The van der Waals surface area contributed by atoms with E-state index >= 15 is 0 Å². The van der Waals surface area contributed by atoms with E-state index in [4.69, 9.17) is 15.2 Å². The van der Waals surface area contributed by atoms with Crippen molar-refractivity contribution in [2.75, 3.05) is 13.7 Å². The molecule has 2 atom stereocenters. The summed E-state index contributed by atoms with van der Waals surface area (Å²) in [5, 5.41) is 0. The number of methoxy groups -OCH3 is 1. The molecule has 0 amide bonds. The number of nitrogens with two attached hydrogens (primary N) is 1. The topological polar surface area (TPSA) is 44.5 Å². The Hall–Kier alpha value is -0.120. The molecule has 0 fully saturated rings. The molecule has 0 bridgehead atoms. The van der Waals surface area contributed by atoms with Gasteiger partial charge in [-0.2, -0.15) is 0 Å². The summed E-state index contributed by atoms with van der Waals surface area (Å²) in [4.78, 5) is 0. The minimum absolute atomic E-state index is 0.195. The van der Waals surface area contributed by atoms with Crippen LogP contribution >= 0.6 is 0 Å². The third-order valence-electron chi connectivity index (χ3n) is 1.97. The van der Waals surface area contributed by atoms with E-state index in [2.05, 4.69) is 0 Å². The Kier molecular flexibility index (Phi) is 5.53. The van der Waals surface area contributed by atoms with Crippen LogP contribution in [0.1, 0.15) is 34.1 Å². The van der Waals surface area contributed by atoms with Crippen molar-refractivity contribution >= 4 is 0 Å². The van der Waals surface area contributed by atoms with Gasteiger partial charge in [0, 0.05) is 13.2 Å². The summed E-state index contributed by atoms with van der Waals surface area (Å²) in [6.45, 7) is 8.64. The van der Waals surface area contributed by atoms with Gasteiger partial charge in [-0.15, -0.1) is 0 Å². The molecule has 80 valence electrons. The standard InChI is InChI=1S/C10H23NO2/c1-8(11)6-9(2)13-7-10(3,4)12-5/h8-9H,6-7,11H2,1-5H3. The summed E-state index contributed by atoms with van der Waals surface area (Å²) >= 11 is 0. The summed E-state index contributed by atoms with van der Waals surface area (Å²) in [5.74, 6) is 0. The highest BCUT2D eigenvalue weighted by Crippen LogP contribution is 2.10. The Morgan fingerprint density at radius 1 is 1.31 bits per heavy atom. The van der Waals surface area contributed by atoms with Crippen LogP contribution < -0.4 is 5.73 Å². The predicted molar refractivity (Wildman–Crippen MR) is 54.8 cm³/mol. The fourth-order valence-electron chi connectivity index (χ4n) is 0.993. The van der Waals surface area contributed by atoms with Gasteiger partial charge < -0.3 is 15.2 Å². The highest BCUT2D eigenvalue weighted by atomic mass is 16.5. The fourth-order valence-corrected chi connectivity index (χ4v) is 0.993. The lowest BCUT2D eigenvalue weighted by molar-refractivity contribution is -0.0732. The molecule has 0 rings (SSSR count). The van der Waals surface area contributed by atoms with Gasteiger partial charge in [-0.1, -0.05) is 0 Å². The highest BCUT2D eigenvalue weighted by Gasteiger charge is 2.18. The van der Waals surface area contributed by atoms with Crippen LogP contribution in [-0.4, -0.2) is 31.5 Å². The summed E-state index contributed by atoms with van der Waals surface area (Å²) in [7, 11) is 1.69. The van der Waals surface area contributed by atoms with Gasteiger partial charge in [0.1, 0.15) is 0 Å². The van der Waals surface area contributed by atoms with Gasteiger partial charge in [-0.25, -0.2) is 0 Å². The Morgan fingerprint density at radius 2 is 1.85 bits per heavy atom. The summed E-state index contributed by atoms with van der Waals surface area (Å²) in [6.07, 6.45) is 1.09. The van der Waals surface area contributed by atoms with Crippen LogP contribution in [0.25, 0.3) is 0 Å². The first-order chi connectivity index (χ1) is 5.87. The van der Waals surface area contributed by atoms with Crippen LogP contribution in [0, 0.1) is 0 Å². The van der Waals surface area contributed by atoms with E-state index < -0.39 is 0 Å². The zero-order valence-electron chi connectivity index (χ0n) is 9.46. The van der Waals surface area contributed by atoms with E-state index in [0.29, 0.717) is 6.61 Å². The molecule has 13 heavy (non-hydrogen) atoms. The quantitative estimate of drug-likeness (QED) is 0.689. The largest absolute Gasteiger partial charge is 0.376 e. The second-order valence-electron chi connectivity index (χ2n) is 4.30. The Bertz CT molecular complexity index is 135. The Morgan fingerprint density at radius 3 is 2.23 bits per heavy atom.